The summed E-state index contributed by atoms with van der Waals surface area (Å²) in [4.78, 5) is 11.3. The Hall–Kier alpha value is -2.27. The Morgan fingerprint density at radius 2 is 1.85 bits per heavy atom. The highest BCUT2D eigenvalue weighted by molar-refractivity contribution is 6.30. The molecule has 2 rings (SSSR count). The van der Waals surface area contributed by atoms with Gasteiger partial charge in [-0.2, -0.15) is 0 Å². The first-order chi connectivity index (χ1) is 9.47. The van der Waals surface area contributed by atoms with Gasteiger partial charge in [0.2, 0.25) is 0 Å². The fourth-order valence-electron chi connectivity index (χ4n) is 1.70. The summed E-state index contributed by atoms with van der Waals surface area (Å²) in [6.45, 7) is 0. The van der Waals surface area contributed by atoms with Crippen LogP contribution in [0.25, 0.3) is 0 Å². The van der Waals surface area contributed by atoms with Crippen molar-refractivity contribution in [2.24, 2.45) is 0 Å². The average Bonchev–Trinajstić information content (AvgIpc) is 2.41. The first-order valence-corrected chi connectivity index (χ1v) is 6.08. The van der Waals surface area contributed by atoms with Crippen LogP contribution in [0.5, 0.6) is 5.75 Å². The van der Waals surface area contributed by atoms with E-state index in [1.165, 1.54) is 6.07 Å². The van der Waals surface area contributed by atoms with Crippen LogP contribution in [0.4, 0.5) is 10.1 Å². The molecule has 0 amide bonds. The molecule has 0 radical (unpaired) electrons. The lowest BCUT2D eigenvalue weighted by Gasteiger charge is -2.16. The predicted octanol–water partition coefficient (Wildman–Crippen LogP) is 3.42. The van der Waals surface area contributed by atoms with E-state index in [1.54, 1.807) is 24.3 Å². The molecule has 0 bridgehead atoms. The van der Waals surface area contributed by atoms with E-state index in [9.17, 15) is 14.3 Å². The van der Waals surface area contributed by atoms with Gasteiger partial charge < -0.3 is 15.5 Å². The van der Waals surface area contributed by atoms with E-state index in [-0.39, 0.29) is 5.56 Å². The largest absolute Gasteiger partial charge is 0.505 e. The number of hydrogen-bond donors (Lipinski definition) is 3. The lowest BCUT2D eigenvalue weighted by atomic mass is 10.1. The molecule has 0 spiro atoms. The number of nitrogens with one attached hydrogen (secondary N) is 1. The number of carbonyl (C=O) groups is 1. The molecule has 4 nitrogen and oxygen atoms in total. The highest BCUT2D eigenvalue weighted by Gasteiger charge is 2.20. The number of aromatic hydroxyl groups is 1. The molecule has 0 fully saturated rings. The highest BCUT2D eigenvalue weighted by atomic mass is 35.5. The maximum absolute atomic E-state index is 13.3. The van der Waals surface area contributed by atoms with Crippen molar-refractivity contribution in [2.45, 2.75) is 6.04 Å². The molecule has 2 aromatic rings. The zero-order valence-electron chi connectivity index (χ0n) is 10.2. The van der Waals surface area contributed by atoms with Crippen molar-refractivity contribution in [3.63, 3.8) is 0 Å². The normalized spacial score (nSPS) is 11.9. The Morgan fingerprint density at radius 3 is 2.40 bits per heavy atom. The molecular weight excluding hydrogens is 285 g/mol. The number of phenolic OH excluding ortho intramolecular Hbond substituents is 1. The summed E-state index contributed by atoms with van der Waals surface area (Å²) in [5.41, 5.74) is 0.734. The highest BCUT2D eigenvalue weighted by Crippen LogP contribution is 2.25. The third-order valence-corrected chi connectivity index (χ3v) is 2.96. The van der Waals surface area contributed by atoms with E-state index < -0.39 is 23.6 Å². The number of hydrogen-bond acceptors (Lipinski definition) is 3. The van der Waals surface area contributed by atoms with Crippen molar-refractivity contribution in [1.29, 1.82) is 0 Å². The topological polar surface area (TPSA) is 69.6 Å². The second-order valence-corrected chi connectivity index (χ2v) is 4.57. The standard InChI is InChI=1S/C14H11ClFNO3/c15-9-2-4-10(5-3-9)17-13(14(19)20)8-1-6-12(18)11(16)7-8/h1-7,13,17-18H,(H,19,20). The molecule has 104 valence electrons. The lowest BCUT2D eigenvalue weighted by Crippen LogP contribution is -2.20. The summed E-state index contributed by atoms with van der Waals surface area (Å²) in [5, 5.41) is 21.6. The number of carboxylic acid groups (broad SMARTS) is 1. The summed E-state index contributed by atoms with van der Waals surface area (Å²) >= 11 is 5.74. The van der Waals surface area contributed by atoms with Crippen LogP contribution in [-0.4, -0.2) is 16.2 Å². The van der Waals surface area contributed by atoms with Crippen LogP contribution in [-0.2, 0) is 4.79 Å². The van der Waals surface area contributed by atoms with E-state index in [0.29, 0.717) is 10.7 Å². The van der Waals surface area contributed by atoms with Gasteiger partial charge in [-0.25, -0.2) is 9.18 Å². The molecule has 2 aromatic carbocycles. The number of rotatable bonds is 4. The molecule has 0 heterocycles. The fourth-order valence-corrected chi connectivity index (χ4v) is 1.83. The monoisotopic (exact) mass is 295 g/mol. The second kappa shape index (κ2) is 5.79. The first kappa shape index (κ1) is 14.1. The Labute approximate surface area is 119 Å². The second-order valence-electron chi connectivity index (χ2n) is 4.13. The summed E-state index contributed by atoms with van der Waals surface area (Å²) in [5.74, 6) is -2.55. The van der Waals surface area contributed by atoms with E-state index >= 15 is 0 Å². The van der Waals surface area contributed by atoms with Crippen molar-refractivity contribution in [1.82, 2.24) is 0 Å². The zero-order valence-corrected chi connectivity index (χ0v) is 10.9. The Kier molecular flexibility index (Phi) is 4.10. The maximum Gasteiger partial charge on any atom is 0.330 e. The molecule has 6 heteroatoms. The number of phenols is 1. The van der Waals surface area contributed by atoms with Crippen molar-refractivity contribution in [3.05, 3.63) is 58.9 Å². The minimum absolute atomic E-state index is 0.197. The van der Waals surface area contributed by atoms with Gasteiger partial charge >= 0.3 is 5.97 Å². The molecular formula is C14H11ClFNO3. The molecule has 3 N–H and O–H groups in total. The van der Waals surface area contributed by atoms with Crippen LogP contribution in [0, 0.1) is 5.82 Å². The van der Waals surface area contributed by atoms with Gasteiger partial charge in [-0.1, -0.05) is 17.7 Å². The minimum Gasteiger partial charge on any atom is -0.505 e. The van der Waals surface area contributed by atoms with Gasteiger partial charge in [0.1, 0.15) is 0 Å². The van der Waals surface area contributed by atoms with Gasteiger partial charge in [0.05, 0.1) is 0 Å². The van der Waals surface area contributed by atoms with Gasteiger partial charge in [0.15, 0.2) is 17.6 Å². The number of halogens is 2. The summed E-state index contributed by atoms with van der Waals surface area (Å²) in [6, 6.07) is 8.78. The van der Waals surface area contributed by atoms with Crippen LogP contribution in [0.2, 0.25) is 5.02 Å². The van der Waals surface area contributed by atoms with Crippen LogP contribution in [0.1, 0.15) is 11.6 Å². The summed E-state index contributed by atoms with van der Waals surface area (Å²) in [6.07, 6.45) is 0. The molecule has 20 heavy (non-hydrogen) atoms. The molecule has 0 aliphatic rings. The van der Waals surface area contributed by atoms with E-state index in [2.05, 4.69) is 5.32 Å². The average molecular weight is 296 g/mol. The van der Waals surface area contributed by atoms with Gasteiger partial charge in [-0.05, 0) is 42.0 Å². The molecule has 0 aliphatic heterocycles. The number of anilines is 1. The number of carboxylic acids is 1. The molecule has 0 saturated carbocycles. The van der Waals surface area contributed by atoms with Crippen molar-refractivity contribution >= 4 is 23.3 Å². The van der Waals surface area contributed by atoms with E-state index in [1.807, 2.05) is 0 Å². The van der Waals surface area contributed by atoms with Gasteiger partial charge in [-0.15, -0.1) is 0 Å². The maximum atomic E-state index is 13.3. The summed E-state index contributed by atoms with van der Waals surface area (Å²) in [7, 11) is 0. The van der Waals surface area contributed by atoms with E-state index in [0.717, 1.165) is 12.1 Å². The van der Waals surface area contributed by atoms with Gasteiger partial charge in [0, 0.05) is 10.7 Å². The van der Waals surface area contributed by atoms with Crippen molar-refractivity contribution in [2.75, 3.05) is 5.32 Å². The summed E-state index contributed by atoms with van der Waals surface area (Å²) < 4.78 is 13.3. The number of benzene rings is 2. The third-order valence-electron chi connectivity index (χ3n) is 2.71. The van der Waals surface area contributed by atoms with Gasteiger partial charge in [-0.3, -0.25) is 0 Å². The van der Waals surface area contributed by atoms with Crippen LogP contribution >= 0.6 is 11.6 Å². The Morgan fingerprint density at radius 1 is 1.20 bits per heavy atom. The molecule has 0 aromatic heterocycles. The van der Waals surface area contributed by atoms with Crippen LogP contribution in [0.15, 0.2) is 42.5 Å². The van der Waals surface area contributed by atoms with E-state index in [4.69, 9.17) is 16.7 Å². The Balaban J connectivity index is 2.29. The predicted molar refractivity (Wildman–Crippen MR) is 73.5 cm³/mol. The molecule has 1 atom stereocenters. The zero-order chi connectivity index (χ0) is 14.7. The fraction of sp³-hybridized carbons (Fsp3) is 0.0714. The van der Waals surface area contributed by atoms with Gasteiger partial charge in [0.25, 0.3) is 0 Å². The molecule has 0 saturated heterocycles. The number of aliphatic carboxylic acids is 1. The first-order valence-electron chi connectivity index (χ1n) is 5.70. The smallest absolute Gasteiger partial charge is 0.330 e. The third kappa shape index (κ3) is 3.19. The van der Waals surface area contributed by atoms with Crippen molar-refractivity contribution in [3.8, 4) is 5.75 Å². The quantitative estimate of drug-likeness (QED) is 0.808. The lowest BCUT2D eigenvalue weighted by molar-refractivity contribution is -0.138. The Bertz CT molecular complexity index is 631. The van der Waals surface area contributed by atoms with Crippen molar-refractivity contribution < 1.29 is 19.4 Å². The molecule has 0 aliphatic carbocycles. The van der Waals surface area contributed by atoms with Crippen LogP contribution < -0.4 is 5.32 Å². The van der Waals surface area contributed by atoms with Crippen LogP contribution in [0.3, 0.4) is 0 Å². The minimum atomic E-state index is -1.16. The molecule has 1 unspecified atom stereocenters. The SMILES string of the molecule is O=C(O)C(Nc1ccc(Cl)cc1)c1ccc(O)c(F)c1.